The molecule has 29 heavy (non-hydrogen) atoms. The SMILES string of the molecule is CCCN(C)CCCNC(=O)C(/C=C\NC)=C/COC(C)CCN(C)S(C)(=O)=O. The van der Waals surface area contributed by atoms with Crippen LogP contribution < -0.4 is 10.6 Å². The van der Waals surface area contributed by atoms with Gasteiger partial charge in [0.15, 0.2) is 0 Å². The highest BCUT2D eigenvalue weighted by molar-refractivity contribution is 7.88. The van der Waals surface area contributed by atoms with Crippen molar-refractivity contribution in [3.05, 3.63) is 23.9 Å². The predicted octanol–water partition coefficient (Wildman–Crippen LogP) is 1.18. The Bertz CT molecular complexity index is 620. The molecular formula is C20H40N4O4S. The van der Waals surface area contributed by atoms with E-state index in [2.05, 4.69) is 29.5 Å². The number of carbonyl (C=O) groups excluding carboxylic acids is 1. The van der Waals surface area contributed by atoms with E-state index in [1.807, 2.05) is 6.92 Å². The Morgan fingerprint density at radius 2 is 1.90 bits per heavy atom. The topological polar surface area (TPSA) is 91.0 Å². The molecule has 0 fully saturated rings. The number of rotatable bonds is 16. The van der Waals surface area contributed by atoms with Crippen LogP contribution in [0.1, 0.15) is 33.1 Å². The molecule has 2 N–H and O–H groups in total. The van der Waals surface area contributed by atoms with Gasteiger partial charge in [0.2, 0.25) is 10.0 Å². The Labute approximate surface area is 177 Å². The lowest BCUT2D eigenvalue weighted by atomic mass is 10.2. The Morgan fingerprint density at radius 3 is 2.48 bits per heavy atom. The zero-order valence-corrected chi connectivity index (χ0v) is 19.7. The molecule has 0 aliphatic rings. The molecule has 1 atom stereocenters. The average Bonchev–Trinajstić information content (AvgIpc) is 2.65. The lowest BCUT2D eigenvalue weighted by Crippen LogP contribution is -2.29. The maximum absolute atomic E-state index is 12.4. The van der Waals surface area contributed by atoms with Gasteiger partial charge in [-0.3, -0.25) is 4.79 Å². The van der Waals surface area contributed by atoms with Crippen molar-refractivity contribution in [1.82, 2.24) is 19.8 Å². The normalized spacial score (nSPS) is 14.0. The van der Waals surface area contributed by atoms with Crippen LogP contribution in [0.4, 0.5) is 0 Å². The number of carbonyl (C=O) groups is 1. The van der Waals surface area contributed by atoms with E-state index < -0.39 is 10.0 Å². The van der Waals surface area contributed by atoms with Gasteiger partial charge in [0.05, 0.1) is 19.0 Å². The Hall–Kier alpha value is -1.42. The lowest BCUT2D eigenvalue weighted by molar-refractivity contribution is -0.117. The standard InChI is InChI=1S/C20H40N4O4S/c1-7-14-23(4)15-8-12-22-20(25)19(9-13-21-3)11-17-28-18(2)10-16-24(5)29(6,26)27/h9,11,13,18,21H,7-8,10,12,14-17H2,1-6H3,(H,22,25)/b13-9-,19-11+. The van der Waals surface area contributed by atoms with Crippen LogP contribution in [-0.2, 0) is 19.6 Å². The van der Waals surface area contributed by atoms with Gasteiger partial charge in [-0.1, -0.05) is 6.92 Å². The van der Waals surface area contributed by atoms with Gasteiger partial charge in [0.25, 0.3) is 5.91 Å². The number of sulfonamides is 1. The molecule has 0 aromatic heterocycles. The van der Waals surface area contributed by atoms with E-state index in [9.17, 15) is 13.2 Å². The van der Waals surface area contributed by atoms with Gasteiger partial charge < -0.3 is 20.3 Å². The maximum Gasteiger partial charge on any atom is 0.251 e. The Morgan fingerprint density at radius 1 is 1.21 bits per heavy atom. The molecule has 0 aliphatic carbocycles. The number of amides is 1. The molecule has 1 unspecified atom stereocenters. The van der Waals surface area contributed by atoms with E-state index in [1.54, 1.807) is 32.4 Å². The number of nitrogens with one attached hydrogen (secondary N) is 2. The van der Waals surface area contributed by atoms with Gasteiger partial charge >= 0.3 is 0 Å². The number of hydrogen-bond donors (Lipinski definition) is 2. The van der Waals surface area contributed by atoms with Gasteiger partial charge in [0, 0.05) is 32.8 Å². The molecule has 0 saturated heterocycles. The molecule has 0 aromatic carbocycles. The van der Waals surface area contributed by atoms with Crippen molar-refractivity contribution in [2.45, 2.75) is 39.2 Å². The predicted molar refractivity (Wildman–Crippen MR) is 119 cm³/mol. The largest absolute Gasteiger partial charge is 0.394 e. The number of ether oxygens (including phenoxy) is 1. The van der Waals surface area contributed by atoms with Crippen molar-refractivity contribution in [3.63, 3.8) is 0 Å². The molecule has 0 aromatic rings. The summed E-state index contributed by atoms with van der Waals surface area (Å²) in [6.07, 6.45) is 8.80. The van der Waals surface area contributed by atoms with Crippen LogP contribution in [0.5, 0.6) is 0 Å². The van der Waals surface area contributed by atoms with E-state index in [4.69, 9.17) is 4.74 Å². The first-order valence-corrected chi connectivity index (χ1v) is 12.0. The van der Waals surface area contributed by atoms with Gasteiger partial charge in [-0.05, 0) is 64.7 Å². The van der Waals surface area contributed by atoms with Crippen molar-refractivity contribution in [2.75, 3.05) is 60.2 Å². The third-order valence-corrected chi connectivity index (χ3v) is 5.71. The first-order chi connectivity index (χ1) is 13.6. The summed E-state index contributed by atoms with van der Waals surface area (Å²) >= 11 is 0. The summed E-state index contributed by atoms with van der Waals surface area (Å²) < 4.78 is 29.8. The molecule has 1 amide bonds. The van der Waals surface area contributed by atoms with Crippen LogP contribution in [0.15, 0.2) is 23.9 Å². The number of hydrogen-bond acceptors (Lipinski definition) is 6. The second kappa shape index (κ2) is 15.4. The zero-order valence-electron chi connectivity index (χ0n) is 18.9. The van der Waals surface area contributed by atoms with Crippen molar-refractivity contribution >= 4 is 15.9 Å². The van der Waals surface area contributed by atoms with Crippen LogP contribution in [0.2, 0.25) is 0 Å². The molecular weight excluding hydrogens is 392 g/mol. The van der Waals surface area contributed by atoms with E-state index in [0.717, 1.165) is 25.9 Å². The minimum atomic E-state index is -3.18. The first-order valence-electron chi connectivity index (χ1n) is 10.1. The number of nitrogens with zero attached hydrogens (tertiary/aromatic N) is 2. The summed E-state index contributed by atoms with van der Waals surface area (Å²) in [6, 6.07) is 0. The molecule has 0 aliphatic heterocycles. The molecule has 0 rings (SSSR count). The quantitative estimate of drug-likeness (QED) is 0.216. The summed E-state index contributed by atoms with van der Waals surface area (Å²) in [6.45, 7) is 7.33. The summed E-state index contributed by atoms with van der Waals surface area (Å²) in [4.78, 5) is 14.7. The fraction of sp³-hybridized carbons (Fsp3) is 0.750. The third kappa shape index (κ3) is 14.2. The van der Waals surface area contributed by atoms with Gasteiger partial charge in [0.1, 0.15) is 0 Å². The Balaban J connectivity index is 4.48. The molecule has 0 spiro atoms. The Kier molecular flexibility index (Phi) is 14.7. The van der Waals surface area contributed by atoms with Crippen LogP contribution in [0.25, 0.3) is 0 Å². The van der Waals surface area contributed by atoms with Crippen LogP contribution >= 0.6 is 0 Å². The molecule has 0 radical (unpaired) electrons. The third-order valence-electron chi connectivity index (χ3n) is 4.40. The van der Waals surface area contributed by atoms with E-state index in [0.29, 0.717) is 25.1 Å². The van der Waals surface area contributed by atoms with Crippen LogP contribution in [-0.4, -0.2) is 89.8 Å². The highest BCUT2D eigenvalue weighted by Gasteiger charge is 2.12. The van der Waals surface area contributed by atoms with Crippen molar-refractivity contribution in [3.8, 4) is 0 Å². The lowest BCUT2D eigenvalue weighted by Gasteiger charge is -2.17. The molecule has 8 nitrogen and oxygen atoms in total. The molecule has 0 bridgehead atoms. The monoisotopic (exact) mass is 432 g/mol. The van der Waals surface area contributed by atoms with Gasteiger partial charge in [-0.25, -0.2) is 12.7 Å². The van der Waals surface area contributed by atoms with E-state index in [-0.39, 0.29) is 18.6 Å². The van der Waals surface area contributed by atoms with Crippen LogP contribution in [0.3, 0.4) is 0 Å². The maximum atomic E-state index is 12.4. The van der Waals surface area contributed by atoms with E-state index in [1.165, 1.54) is 10.6 Å². The molecule has 9 heteroatoms. The summed E-state index contributed by atoms with van der Waals surface area (Å²) in [5, 5.41) is 5.83. The van der Waals surface area contributed by atoms with Crippen molar-refractivity contribution in [1.29, 1.82) is 0 Å². The zero-order chi connectivity index (χ0) is 22.3. The van der Waals surface area contributed by atoms with Crippen molar-refractivity contribution in [2.24, 2.45) is 0 Å². The van der Waals surface area contributed by atoms with Gasteiger partial charge in [-0.2, -0.15) is 0 Å². The molecule has 0 heterocycles. The fourth-order valence-corrected chi connectivity index (χ4v) is 2.91. The fourth-order valence-electron chi connectivity index (χ4n) is 2.47. The van der Waals surface area contributed by atoms with E-state index >= 15 is 0 Å². The minimum absolute atomic E-state index is 0.123. The second-order valence-corrected chi connectivity index (χ2v) is 9.30. The summed E-state index contributed by atoms with van der Waals surface area (Å²) in [5.41, 5.74) is 0.529. The summed E-state index contributed by atoms with van der Waals surface area (Å²) in [5.74, 6) is -0.136. The summed E-state index contributed by atoms with van der Waals surface area (Å²) in [7, 11) is 2.22. The highest BCUT2D eigenvalue weighted by atomic mass is 32.2. The second-order valence-electron chi connectivity index (χ2n) is 7.21. The molecule has 0 saturated carbocycles. The van der Waals surface area contributed by atoms with Crippen LogP contribution in [0, 0.1) is 0 Å². The molecule has 170 valence electrons. The average molecular weight is 433 g/mol. The minimum Gasteiger partial charge on any atom is -0.394 e. The highest BCUT2D eigenvalue weighted by Crippen LogP contribution is 2.04. The smallest absolute Gasteiger partial charge is 0.251 e. The van der Waals surface area contributed by atoms with Crippen molar-refractivity contribution < 1.29 is 17.9 Å². The van der Waals surface area contributed by atoms with Gasteiger partial charge in [-0.15, -0.1) is 0 Å². The first kappa shape index (κ1) is 27.6.